The van der Waals surface area contributed by atoms with E-state index < -0.39 is 0 Å². The van der Waals surface area contributed by atoms with Crippen LogP contribution in [-0.2, 0) is 0 Å². The molecule has 0 unspecified atom stereocenters. The highest BCUT2D eigenvalue weighted by Gasteiger charge is 1.99. The molecular formula is C18H16N4OS. The number of hydrogen-bond acceptors (Lipinski definition) is 4. The number of nitrogens with one attached hydrogen (secondary N) is 2. The minimum Gasteiger partial charge on any atom is -0.497 e. The Labute approximate surface area is 145 Å². The van der Waals surface area contributed by atoms with Crippen LogP contribution in [-0.4, -0.2) is 23.4 Å². The van der Waals surface area contributed by atoms with Crippen LogP contribution in [0.2, 0.25) is 0 Å². The molecule has 3 rings (SSSR count). The second-order valence-electron chi connectivity index (χ2n) is 4.97. The molecule has 0 aliphatic rings. The van der Waals surface area contributed by atoms with Crippen LogP contribution in [0.5, 0.6) is 5.75 Å². The third kappa shape index (κ3) is 3.85. The lowest BCUT2D eigenvalue weighted by Crippen LogP contribution is -2.23. The topological polar surface area (TPSA) is 58.5 Å². The average molecular weight is 336 g/mol. The Hall–Kier alpha value is -2.99. The molecule has 0 saturated carbocycles. The van der Waals surface area contributed by atoms with E-state index in [1.807, 2.05) is 54.6 Å². The van der Waals surface area contributed by atoms with Gasteiger partial charge in [-0.1, -0.05) is 18.2 Å². The quantitative estimate of drug-likeness (QED) is 0.433. The fourth-order valence-corrected chi connectivity index (χ4v) is 2.39. The highest BCUT2D eigenvalue weighted by molar-refractivity contribution is 7.80. The summed E-state index contributed by atoms with van der Waals surface area (Å²) in [6.07, 6.45) is 3.49. The number of para-hydroxylation sites is 1. The van der Waals surface area contributed by atoms with Crippen LogP contribution in [0.4, 0.5) is 5.69 Å². The van der Waals surface area contributed by atoms with E-state index in [0.717, 1.165) is 27.9 Å². The van der Waals surface area contributed by atoms with Gasteiger partial charge >= 0.3 is 0 Å². The van der Waals surface area contributed by atoms with Crippen LogP contribution in [0.25, 0.3) is 10.9 Å². The van der Waals surface area contributed by atoms with Crippen LogP contribution < -0.4 is 15.5 Å². The van der Waals surface area contributed by atoms with Gasteiger partial charge in [-0.15, -0.1) is 0 Å². The van der Waals surface area contributed by atoms with Gasteiger partial charge in [-0.3, -0.25) is 10.4 Å². The van der Waals surface area contributed by atoms with Crippen molar-refractivity contribution in [1.82, 2.24) is 10.4 Å². The molecule has 1 aromatic heterocycles. The third-order valence-electron chi connectivity index (χ3n) is 3.40. The van der Waals surface area contributed by atoms with Crippen LogP contribution in [0, 0.1) is 0 Å². The molecule has 3 aromatic rings. The Morgan fingerprint density at radius 3 is 2.71 bits per heavy atom. The first kappa shape index (κ1) is 15.9. The number of fused-ring (bicyclic) bond motifs is 1. The van der Waals surface area contributed by atoms with E-state index in [2.05, 4.69) is 20.8 Å². The Balaban J connectivity index is 1.63. The lowest BCUT2D eigenvalue weighted by atomic mass is 10.1. The molecule has 24 heavy (non-hydrogen) atoms. The molecule has 2 N–H and O–H groups in total. The summed E-state index contributed by atoms with van der Waals surface area (Å²) < 4.78 is 5.12. The first-order chi connectivity index (χ1) is 11.8. The van der Waals surface area contributed by atoms with Crippen molar-refractivity contribution in [2.75, 3.05) is 12.4 Å². The molecule has 0 saturated heterocycles. The van der Waals surface area contributed by atoms with Gasteiger partial charge in [0.15, 0.2) is 5.11 Å². The summed E-state index contributed by atoms with van der Waals surface area (Å²) >= 11 is 5.23. The first-order valence-corrected chi connectivity index (χ1v) is 7.75. The molecule has 6 heteroatoms. The van der Waals surface area contributed by atoms with E-state index in [1.165, 1.54) is 0 Å². The highest BCUT2D eigenvalue weighted by Crippen LogP contribution is 2.15. The Kier molecular flexibility index (Phi) is 4.98. The van der Waals surface area contributed by atoms with Crippen LogP contribution >= 0.6 is 12.2 Å². The smallest absolute Gasteiger partial charge is 0.191 e. The zero-order valence-corrected chi connectivity index (χ0v) is 13.9. The molecule has 0 amide bonds. The predicted octanol–water partition coefficient (Wildman–Crippen LogP) is 3.56. The molecular weight excluding hydrogens is 320 g/mol. The Morgan fingerprint density at radius 1 is 1.12 bits per heavy atom. The van der Waals surface area contributed by atoms with Crippen molar-refractivity contribution in [2.24, 2.45) is 5.10 Å². The van der Waals surface area contributed by atoms with Crippen molar-refractivity contribution in [3.8, 4) is 5.75 Å². The number of pyridine rings is 1. The minimum atomic E-state index is 0.412. The minimum absolute atomic E-state index is 0.412. The van der Waals surface area contributed by atoms with Gasteiger partial charge in [0.1, 0.15) is 5.75 Å². The number of nitrogens with zero attached hydrogens (tertiary/aromatic N) is 2. The van der Waals surface area contributed by atoms with Gasteiger partial charge in [-0.05, 0) is 48.6 Å². The number of ether oxygens (including phenoxy) is 1. The molecule has 2 aromatic carbocycles. The van der Waals surface area contributed by atoms with Gasteiger partial charge in [0.25, 0.3) is 0 Å². The number of hydrogen-bond donors (Lipinski definition) is 2. The summed E-state index contributed by atoms with van der Waals surface area (Å²) in [6.45, 7) is 0. The van der Waals surface area contributed by atoms with Crippen molar-refractivity contribution in [1.29, 1.82) is 0 Å². The zero-order chi connectivity index (χ0) is 16.8. The molecule has 0 fully saturated rings. The van der Waals surface area contributed by atoms with E-state index >= 15 is 0 Å². The highest BCUT2D eigenvalue weighted by atomic mass is 32.1. The van der Waals surface area contributed by atoms with Gasteiger partial charge in [0.2, 0.25) is 0 Å². The number of aromatic nitrogens is 1. The second-order valence-corrected chi connectivity index (χ2v) is 5.38. The summed E-state index contributed by atoms with van der Waals surface area (Å²) in [5.41, 5.74) is 5.57. The number of methoxy groups -OCH3 is 1. The molecule has 1 heterocycles. The maximum absolute atomic E-state index is 5.23. The summed E-state index contributed by atoms with van der Waals surface area (Å²) in [5, 5.41) is 8.70. The van der Waals surface area contributed by atoms with Gasteiger partial charge in [0.05, 0.1) is 18.8 Å². The van der Waals surface area contributed by atoms with Gasteiger partial charge < -0.3 is 10.1 Å². The number of hydrazone groups is 1. The molecule has 120 valence electrons. The lowest BCUT2D eigenvalue weighted by Gasteiger charge is -2.07. The summed E-state index contributed by atoms with van der Waals surface area (Å²) in [7, 11) is 1.63. The van der Waals surface area contributed by atoms with Crippen LogP contribution in [0.3, 0.4) is 0 Å². The summed E-state index contributed by atoms with van der Waals surface area (Å²) in [5.74, 6) is 0.794. The third-order valence-corrected chi connectivity index (χ3v) is 3.59. The number of thiocarbonyl (C=S) groups is 1. The largest absolute Gasteiger partial charge is 0.497 e. The number of rotatable bonds is 4. The second kappa shape index (κ2) is 7.52. The molecule has 0 radical (unpaired) electrons. The number of benzene rings is 2. The maximum atomic E-state index is 5.23. The molecule has 0 aliphatic carbocycles. The number of anilines is 1. The van der Waals surface area contributed by atoms with Crippen molar-refractivity contribution in [3.05, 3.63) is 66.4 Å². The van der Waals surface area contributed by atoms with E-state index in [-0.39, 0.29) is 0 Å². The van der Waals surface area contributed by atoms with E-state index in [9.17, 15) is 0 Å². The fourth-order valence-electron chi connectivity index (χ4n) is 2.22. The molecule has 0 bridgehead atoms. The molecule has 0 aliphatic heterocycles. The van der Waals surface area contributed by atoms with E-state index in [4.69, 9.17) is 17.0 Å². The average Bonchev–Trinajstić information content (AvgIpc) is 2.62. The van der Waals surface area contributed by atoms with Crippen molar-refractivity contribution in [3.63, 3.8) is 0 Å². The SMILES string of the molecule is COc1ccc(NC(=S)N/N=C\c2ccnc3ccccc23)cc1. The van der Waals surface area contributed by atoms with Crippen LogP contribution in [0.1, 0.15) is 5.56 Å². The van der Waals surface area contributed by atoms with Crippen molar-refractivity contribution < 1.29 is 4.74 Å². The Bertz CT molecular complexity index is 872. The normalized spacial score (nSPS) is 10.7. The lowest BCUT2D eigenvalue weighted by molar-refractivity contribution is 0.415. The van der Waals surface area contributed by atoms with Crippen LogP contribution in [0.15, 0.2) is 65.9 Å². The molecule has 0 atom stereocenters. The summed E-state index contributed by atoms with van der Waals surface area (Å²) in [6, 6.07) is 17.3. The standard InChI is InChI=1S/C18H16N4OS/c1-23-15-8-6-14(7-9-15)21-18(24)22-20-12-13-10-11-19-17-5-3-2-4-16(13)17/h2-12H,1H3,(H2,21,22,24)/b20-12-. The van der Waals surface area contributed by atoms with Crippen molar-refractivity contribution >= 4 is 40.1 Å². The van der Waals surface area contributed by atoms with E-state index in [1.54, 1.807) is 19.5 Å². The van der Waals surface area contributed by atoms with Gasteiger partial charge in [-0.2, -0.15) is 5.10 Å². The van der Waals surface area contributed by atoms with Gasteiger partial charge in [0, 0.05) is 22.8 Å². The molecule has 0 spiro atoms. The Morgan fingerprint density at radius 2 is 1.92 bits per heavy atom. The monoisotopic (exact) mass is 336 g/mol. The molecule has 5 nitrogen and oxygen atoms in total. The first-order valence-electron chi connectivity index (χ1n) is 7.34. The summed E-state index contributed by atoms with van der Waals surface area (Å²) in [4.78, 5) is 4.32. The fraction of sp³-hybridized carbons (Fsp3) is 0.0556. The van der Waals surface area contributed by atoms with Crippen molar-refractivity contribution in [2.45, 2.75) is 0 Å². The zero-order valence-electron chi connectivity index (χ0n) is 13.1. The van der Waals surface area contributed by atoms with E-state index in [0.29, 0.717) is 5.11 Å². The predicted molar refractivity (Wildman–Crippen MR) is 102 cm³/mol. The maximum Gasteiger partial charge on any atom is 0.191 e. The van der Waals surface area contributed by atoms with Gasteiger partial charge in [-0.25, -0.2) is 0 Å².